The third-order valence-corrected chi connectivity index (χ3v) is 5.41. The molecule has 0 aliphatic carbocycles. The number of hydrogen-bond donors (Lipinski definition) is 0. The van der Waals surface area contributed by atoms with Gasteiger partial charge in [-0.1, -0.05) is 11.8 Å². The van der Waals surface area contributed by atoms with E-state index >= 15 is 0 Å². The molecule has 3 aromatic rings. The number of thioether (sulfide) groups is 1. The normalized spacial score (nSPS) is 10.6. The minimum Gasteiger partial charge on any atom is -0.493 e. The topological polar surface area (TPSA) is 66.4 Å². The molecule has 2 heterocycles. The van der Waals surface area contributed by atoms with Crippen molar-refractivity contribution in [1.29, 1.82) is 0 Å². The fourth-order valence-corrected chi connectivity index (χ4v) is 3.83. The van der Waals surface area contributed by atoms with E-state index < -0.39 is 0 Å². The van der Waals surface area contributed by atoms with Gasteiger partial charge in [-0.2, -0.15) is 0 Å². The number of aromatic nitrogens is 3. The molecule has 6 nitrogen and oxygen atoms in total. The Morgan fingerprint density at radius 2 is 1.73 bits per heavy atom. The van der Waals surface area contributed by atoms with E-state index in [4.69, 9.17) is 14.2 Å². The number of nitrogens with zero attached hydrogens (tertiary/aromatic N) is 3. The Morgan fingerprint density at radius 3 is 2.23 bits per heavy atom. The number of hydrogen-bond acceptors (Lipinski definition) is 8. The lowest BCUT2D eigenvalue weighted by Crippen LogP contribution is -1.97. The number of benzene rings is 1. The van der Waals surface area contributed by atoms with Crippen molar-refractivity contribution in [3.8, 4) is 28.5 Å². The molecule has 0 aliphatic rings. The van der Waals surface area contributed by atoms with E-state index in [0.29, 0.717) is 17.2 Å². The van der Waals surface area contributed by atoms with Gasteiger partial charge in [0, 0.05) is 16.7 Å². The van der Waals surface area contributed by atoms with Crippen LogP contribution in [0.2, 0.25) is 0 Å². The highest BCUT2D eigenvalue weighted by Gasteiger charge is 2.15. The predicted octanol–water partition coefficient (Wildman–Crippen LogP) is 4.23. The second-order valence-electron chi connectivity index (χ2n) is 5.32. The van der Waals surface area contributed by atoms with Gasteiger partial charge in [-0.05, 0) is 31.2 Å². The molecular formula is C18H19N3O3S2. The largest absolute Gasteiger partial charge is 0.493 e. The van der Waals surface area contributed by atoms with Crippen LogP contribution in [0.4, 0.5) is 0 Å². The van der Waals surface area contributed by atoms with Crippen molar-refractivity contribution in [3.05, 3.63) is 40.3 Å². The second-order valence-corrected chi connectivity index (χ2v) is 7.38. The van der Waals surface area contributed by atoms with Gasteiger partial charge in [0.25, 0.3) is 0 Å². The molecule has 0 bridgehead atoms. The third-order valence-electron chi connectivity index (χ3n) is 3.64. The molecule has 0 saturated heterocycles. The Labute approximate surface area is 160 Å². The van der Waals surface area contributed by atoms with E-state index in [1.165, 1.54) is 0 Å². The summed E-state index contributed by atoms with van der Waals surface area (Å²) in [6, 6.07) is 7.60. The summed E-state index contributed by atoms with van der Waals surface area (Å²) in [5.41, 5.74) is 2.64. The molecule has 0 radical (unpaired) electrons. The van der Waals surface area contributed by atoms with Crippen LogP contribution in [-0.2, 0) is 5.75 Å². The summed E-state index contributed by atoms with van der Waals surface area (Å²) in [6.45, 7) is 2.00. The first-order valence-corrected chi connectivity index (χ1v) is 9.69. The van der Waals surface area contributed by atoms with Crippen molar-refractivity contribution in [2.75, 3.05) is 21.3 Å². The average molecular weight is 390 g/mol. The molecule has 26 heavy (non-hydrogen) atoms. The zero-order chi connectivity index (χ0) is 18.5. The summed E-state index contributed by atoms with van der Waals surface area (Å²) in [7, 11) is 4.76. The summed E-state index contributed by atoms with van der Waals surface area (Å²) < 4.78 is 16.1. The Morgan fingerprint density at radius 1 is 1.00 bits per heavy atom. The van der Waals surface area contributed by atoms with Gasteiger partial charge >= 0.3 is 0 Å². The minimum atomic E-state index is 0.553. The number of rotatable bonds is 7. The fraction of sp³-hybridized carbons (Fsp3) is 0.278. The van der Waals surface area contributed by atoms with Gasteiger partial charge in [0.05, 0.1) is 37.7 Å². The lowest BCUT2D eigenvalue weighted by molar-refractivity contribution is 0.324. The van der Waals surface area contributed by atoms with E-state index in [0.717, 1.165) is 32.7 Å². The number of methoxy groups -OCH3 is 3. The SMILES string of the molecule is COc1cc(-c2ccc(SCc3csc(C)n3)nn2)cc(OC)c1OC. The van der Waals surface area contributed by atoms with E-state index in [1.54, 1.807) is 44.4 Å². The van der Waals surface area contributed by atoms with Crippen molar-refractivity contribution < 1.29 is 14.2 Å². The van der Waals surface area contributed by atoms with Crippen LogP contribution in [0, 0.1) is 6.92 Å². The smallest absolute Gasteiger partial charge is 0.203 e. The maximum Gasteiger partial charge on any atom is 0.203 e. The van der Waals surface area contributed by atoms with Gasteiger partial charge in [-0.3, -0.25) is 0 Å². The van der Waals surface area contributed by atoms with Crippen LogP contribution in [0.3, 0.4) is 0 Å². The second kappa shape index (κ2) is 8.37. The first-order chi connectivity index (χ1) is 12.6. The summed E-state index contributed by atoms with van der Waals surface area (Å²) in [4.78, 5) is 4.46. The Bertz CT molecular complexity index is 857. The van der Waals surface area contributed by atoms with Crippen LogP contribution in [0.1, 0.15) is 10.7 Å². The zero-order valence-corrected chi connectivity index (χ0v) is 16.6. The minimum absolute atomic E-state index is 0.553. The lowest BCUT2D eigenvalue weighted by atomic mass is 10.1. The summed E-state index contributed by atoms with van der Waals surface area (Å²) in [5, 5.41) is 12.6. The van der Waals surface area contributed by atoms with Crippen molar-refractivity contribution in [3.63, 3.8) is 0 Å². The Kier molecular flexibility index (Phi) is 5.95. The van der Waals surface area contributed by atoms with Crippen molar-refractivity contribution in [1.82, 2.24) is 15.2 Å². The maximum atomic E-state index is 5.39. The molecule has 8 heteroatoms. The van der Waals surface area contributed by atoms with E-state index in [1.807, 2.05) is 31.2 Å². The first kappa shape index (κ1) is 18.5. The number of thiazole rings is 1. The zero-order valence-electron chi connectivity index (χ0n) is 15.0. The van der Waals surface area contributed by atoms with Crippen LogP contribution in [0.5, 0.6) is 17.2 Å². The molecule has 0 amide bonds. The van der Waals surface area contributed by atoms with Crippen LogP contribution < -0.4 is 14.2 Å². The molecule has 1 aromatic carbocycles. The highest BCUT2D eigenvalue weighted by atomic mass is 32.2. The van der Waals surface area contributed by atoms with Gasteiger partial charge < -0.3 is 14.2 Å². The molecular weight excluding hydrogens is 370 g/mol. The molecule has 0 N–H and O–H groups in total. The predicted molar refractivity (Wildman–Crippen MR) is 104 cm³/mol. The summed E-state index contributed by atoms with van der Waals surface area (Å²) >= 11 is 3.27. The monoisotopic (exact) mass is 389 g/mol. The molecule has 0 aliphatic heterocycles. The first-order valence-electron chi connectivity index (χ1n) is 7.82. The quantitative estimate of drug-likeness (QED) is 0.560. The molecule has 2 aromatic heterocycles. The molecule has 0 unspecified atom stereocenters. The van der Waals surface area contributed by atoms with Crippen LogP contribution in [0.15, 0.2) is 34.7 Å². The van der Waals surface area contributed by atoms with E-state index in [-0.39, 0.29) is 0 Å². The highest BCUT2D eigenvalue weighted by Crippen LogP contribution is 2.40. The number of ether oxygens (including phenoxy) is 3. The maximum absolute atomic E-state index is 5.39. The molecule has 0 saturated carbocycles. The Hall–Kier alpha value is -2.32. The summed E-state index contributed by atoms with van der Waals surface area (Å²) in [6.07, 6.45) is 0. The van der Waals surface area contributed by atoms with Crippen molar-refractivity contribution in [2.24, 2.45) is 0 Å². The third kappa shape index (κ3) is 4.08. The Balaban J connectivity index is 1.79. The fourth-order valence-electron chi connectivity index (χ4n) is 2.40. The van der Waals surface area contributed by atoms with Gasteiger partial charge in [0.1, 0.15) is 5.03 Å². The van der Waals surface area contributed by atoms with Gasteiger partial charge in [0.2, 0.25) is 5.75 Å². The molecule has 0 spiro atoms. The number of aryl methyl sites for hydroxylation is 1. The molecule has 0 fully saturated rings. The van der Waals surface area contributed by atoms with E-state index in [9.17, 15) is 0 Å². The van der Waals surface area contributed by atoms with E-state index in [2.05, 4.69) is 20.6 Å². The highest BCUT2D eigenvalue weighted by molar-refractivity contribution is 7.98. The van der Waals surface area contributed by atoms with Crippen molar-refractivity contribution in [2.45, 2.75) is 17.7 Å². The lowest BCUT2D eigenvalue weighted by Gasteiger charge is -2.13. The van der Waals surface area contributed by atoms with Crippen LogP contribution >= 0.6 is 23.1 Å². The molecule has 136 valence electrons. The van der Waals surface area contributed by atoms with Gasteiger partial charge in [-0.15, -0.1) is 21.5 Å². The van der Waals surface area contributed by atoms with Crippen LogP contribution in [-0.4, -0.2) is 36.5 Å². The van der Waals surface area contributed by atoms with Crippen molar-refractivity contribution >= 4 is 23.1 Å². The molecule has 0 atom stereocenters. The van der Waals surface area contributed by atoms with Gasteiger partial charge in [-0.25, -0.2) is 4.98 Å². The summed E-state index contributed by atoms with van der Waals surface area (Å²) in [5.74, 6) is 2.50. The molecule has 3 rings (SSSR count). The van der Waals surface area contributed by atoms with Crippen LogP contribution in [0.25, 0.3) is 11.3 Å². The average Bonchev–Trinajstić information content (AvgIpc) is 3.10. The standard InChI is InChI=1S/C18H19N3O3S2/c1-11-19-13(9-25-11)10-26-17-6-5-14(20-21-17)12-7-15(22-2)18(24-4)16(8-12)23-3/h5-9H,10H2,1-4H3. The van der Waals surface area contributed by atoms with Gasteiger partial charge in [0.15, 0.2) is 11.5 Å².